The Labute approximate surface area is 142 Å². The molecule has 1 heterocycles. The maximum Gasteiger partial charge on any atom is 0.341 e. The number of rotatable bonds is 6. The number of amidine groups is 1. The fourth-order valence-corrected chi connectivity index (χ4v) is 2.12. The summed E-state index contributed by atoms with van der Waals surface area (Å²) in [6.45, 7) is -0.405. The molecule has 8 nitrogen and oxygen atoms in total. The number of ether oxygens (including phenoxy) is 1. The highest BCUT2D eigenvalue weighted by Crippen LogP contribution is 2.24. The summed E-state index contributed by atoms with van der Waals surface area (Å²) in [5.74, 6) is 0.0413. The number of aromatic nitrogens is 2. The summed E-state index contributed by atoms with van der Waals surface area (Å²) in [6, 6.07) is 13.6. The predicted molar refractivity (Wildman–Crippen MR) is 89.3 cm³/mol. The van der Waals surface area contributed by atoms with Gasteiger partial charge in [0.2, 0.25) is 5.82 Å². The second-order valence-electron chi connectivity index (χ2n) is 5.12. The molecule has 0 bridgehead atoms. The van der Waals surface area contributed by atoms with Crippen LogP contribution in [0.5, 0.6) is 5.75 Å². The van der Waals surface area contributed by atoms with E-state index in [0.717, 1.165) is 0 Å². The summed E-state index contributed by atoms with van der Waals surface area (Å²) in [7, 11) is 0. The molecule has 0 saturated heterocycles. The van der Waals surface area contributed by atoms with Gasteiger partial charge in [-0.05, 0) is 36.4 Å². The van der Waals surface area contributed by atoms with Gasteiger partial charge in [-0.3, -0.25) is 5.41 Å². The minimum atomic E-state index is -1.04. The van der Waals surface area contributed by atoms with Crippen molar-refractivity contribution in [1.29, 1.82) is 5.41 Å². The van der Waals surface area contributed by atoms with E-state index in [2.05, 4.69) is 10.1 Å². The molecule has 1 aromatic heterocycles. The molecule has 0 aliphatic carbocycles. The Bertz CT molecular complexity index is 918. The zero-order valence-electron chi connectivity index (χ0n) is 13.0. The first kappa shape index (κ1) is 16.2. The van der Waals surface area contributed by atoms with Gasteiger partial charge < -0.3 is 20.1 Å². The molecule has 0 amide bonds. The molecule has 0 fully saturated rings. The summed E-state index contributed by atoms with van der Waals surface area (Å²) in [5, 5.41) is 20.0. The third kappa shape index (κ3) is 3.81. The lowest BCUT2D eigenvalue weighted by Crippen LogP contribution is -2.10. The maximum atomic E-state index is 10.5. The minimum absolute atomic E-state index is 0.0430. The van der Waals surface area contributed by atoms with Crippen molar-refractivity contribution in [2.75, 3.05) is 6.61 Å². The van der Waals surface area contributed by atoms with Gasteiger partial charge in [0.1, 0.15) is 11.6 Å². The van der Waals surface area contributed by atoms with Crippen LogP contribution in [-0.4, -0.2) is 33.7 Å². The number of carbonyl (C=O) groups is 1. The average molecular weight is 338 g/mol. The number of benzene rings is 2. The average Bonchev–Trinajstić information content (AvgIpc) is 3.10. The second-order valence-corrected chi connectivity index (χ2v) is 5.12. The lowest BCUT2D eigenvalue weighted by atomic mass is 10.1. The summed E-state index contributed by atoms with van der Waals surface area (Å²) in [6.07, 6.45) is 0. The number of hydrogen-bond donors (Lipinski definition) is 3. The molecule has 2 aromatic carbocycles. The molecule has 0 saturated carbocycles. The van der Waals surface area contributed by atoms with E-state index >= 15 is 0 Å². The fourth-order valence-electron chi connectivity index (χ4n) is 2.12. The fraction of sp³-hybridized carbons (Fsp3) is 0.0588. The molecule has 25 heavy (non-hydrogen) atoms. The standard InChI is InChI=1S/C17H14N4O4/c18-15(19)11-2-1-3-12(8-11)17-20-16(21-25-17)10-4-6-13(7-5-10)24-9-14(22)23/h1-8H,9H2,(H3,18,19)(H,22,23). The van der Waals surface area contributed by atoms with Crippen molar-refractivity contribution < 1.29 is 19.2 Å². The first-order chi connectivity index (χ1) is 12.0. The van der Waals surface area contributed by atoms with E-state index in [1.807, 2.05) is 0 Å². The van der Waals surface area contributed by atoms with Crippen molar-refractivity contribution in [3.63, 3.8) is 0 Å². The van der Waals surface area contributed by atoms with Crippen molar-refractivity contribution in [1.82, 2.24) is 10.1 Å². The maximum absolute atomic E-state index is 10.5. The smallest absolute Gasteiger partial charge is 0.341 e. The summed E-state index contributed by atoms with van der Waals surface area (Å²) in [5.41, 5.74) is 7.40. The zero-order valence-corrected chi connectivity index (χ0v) is 13.0. The second kappa shape index (κ2) is 6.83. The molecule has 0 radical (unpaired) electrons. The topological polar surface area (TPSA) is 135 Å². The number of carboxylic acid groups (broad SMARTS) is 1. The minimum Gasteiger partial charge on any atom is -0.482 e. The van der Waals surface area contributed by atoms with Gasteiger partial charge in [0.25, 0.3) is 5.89 Å². The lowest BCUT2D eigenvalue weighted by molar-refractivity contribution is -0.139. The molecular formula is C17H14N4O4. The van der Waals surface area contributed by atoms with Gasteiger partial charge >= 0.3 is 5.97 Å². The quantitative estimate of drug-likeness (QED) is 0.463. The van der Waals surface area contributed by atoms with Crippen LogP contribution in [0.4, 0.5) is 0 Å². The van der Waals surface area contributed by atoms with Crippen LogP contribution in [0.2, 0.25) is 0 Å². The van der Waals surface area contributed by atoms with E-state index in [1.54, 1.807) is 48.5 Å². The summed E-state index contributed by atoms with van der Waals surface area (Å²) >= 11 is 0. The first-order valence-corrected chi connectivity index (χ1v) is 7.26. The SMILES string of the molecule is N=C(N)c1cccc(-c2nc(-c3ccc(OCC(=O)O)cc3)no2)c1. The molecule has 0 atom stereocenters. The van der Waals surface area contributed by atoms with E-state index in [-0.39, 0.29) is 5.84 Å². The van der Waals surface area contributed by atoms with Crippen LogP contribution in [-0.2, 0) is 4.79 Å². The van der Waals surface area contributed by atoms with E-state index in [0.29, 0.717) is 34.2 Å². The molecule has 0 aliphatic heterocycles. The lowest BCUT2D eigenvalue weighted by Gasteiger charge is -2.02. The van der Waals surface area contributed by atoms with Crippen molar-refractivity contribution in [3.8, 4) is 28.6 Å². The highest BCUT2D eigenvalue weighted by atomic mass is 16.5. The number of nitrogen functional groups attached to an aromatic ring is 1. The summed E-state index contributed by atoms with van der Waals surface area (Å²) < 4.78 is 10.3. The van der Waals surface area contributed by atoms with E-state index in [4.69, 9.17) is 25.5 Å². The zero-order chi connectivity index (χ0) is 17.8. The molecule has 0 unspecified atom stereocenters. The van der Waals surface area contributed by atoms with Gasteiger partial charge in [-0.15, -0.1) is 0 Å². The Morgan fingerprint density at radius 3 is 2.64 bits per heavy atom. The molecule has 0 aliphatic rings. The molecule has 3 aromatic rings. The highest BCUT2D eigenvalue weighted by molar-refractivity contribution is 5.95. The molecule has 8 heteroatoms. The Balaban J connectivity index is 1.80. The molecular weight excluding hydrogens is 324 g/mol. The van der Waals surface area contributed by atoms with Gasteiger partial charge in [-0.2, -0.15) is 4.98 Å². The molecule has 4 N–H and O–H groups in total. The number of nitrogens with two attached hydrogens (primary N) is 1. The summed E-state index contributed by atoms with van der Waals surface area (Å²) in [4.78, 5) is 14.8. The van der Waals surface area contributed by atoms with Gasteiger partial charge in [0.15, 0.2) is 6.61 Å². The van der Waals surface area contributed by atoms with Crippen LogP contribution < -0.4 is 10.5 Å². The number of hydrogen-bond acceptors (Lipinski definition) is 6. The largest absolute Gasteiger partial charge is 0.482 e. The van der Waals surface area contributed by atoms with Gasteiger partial charge in [-0.1, -0.05) is 17.3 Å². The number of aliphatic carboxylic acids is 1. The van der Waals surface area contributed by atoms with Gasteiger partial charge in [-0.25, -0.2) is 4.79 Å². The van der Waals surface area contributed by atoms with E-state index in [9.17, 15) is 4.79 Å². The van der Waals surface area contributed by atoms with Crippen LogP contribution >= 0.6 is 0 Å². The van der Waals surface area contributed by atoms with Gasteiger partial charge in [0, 0.05) is 16.7 Å². The first-order valence-electron chi connectivity index (χ1n) is 7.26. The Hall–Kier alpha value is -3.68. The number of nitrogens with one attached hydrogen (secondary N) is 1. The van der Waals surface area contributed by atoms with Gasteiger partial charge in [0.05, 0.1) is 0 Å². The van der Waals surface area contributed by atoms with Crippen molar-refractivity contribution in [3.05, 3.63) is 54.1 Å². The van der Waals surface area contributed by atoms with Crippen LogP contribution in [0.3, 0.4) is 0 Å². The van der Waals surface area contributed by atoms with E-state index in [1.165, 1.54) is 0 Å². The van der Waals surface area contributed by atoms with Crippen LogP contribution in [0.25, 0.3) is 22.8 Å². The predicted octanol–water partition coefficient (Wildman–Crippen LogP) is 2.15. The normalized spacial score (nSPS) is 10.4. The molecule has 126 valence electrons. The number of nitrogens with zero attached hydrogens (tertiary/aromatic N) is 2. The molecule has 3 rings (SSSR count). The Kier molecular flexibility index (Phi) is 4.42. The van der Waals surface area contributed by atoms with Crippen LogP contribution in [0.15, 0.2) is 53.1 Å². The highest BCUT2D eigenvalue weighted by Gasteiger charge is 2.12. The van der Waals surface area contributed by atoms with E-state index < -0.39 is 12.6 Å². The van der Waals surface area contributed by atoms with Crippen LogP contribution in [0, 0.1) is 5.41 Å². The monoisotopic (exact) mass is 338 g/mol. The third-order valence-electron chi connectivity index (χ3n) is 3.32. The van der Waals surface area contributed by atoms with Crippen molar-refractivity contribution in [2.45, 2.75) is 0 Å². The molecule has 0 spiro atoms. The number of carboxylic acids is 1. The Morgan fingerprint density at radius 1 is 1.20 bits per heavy atom. The van der Waals surface area contributed by atoms with Crippen molar-refractivity contribution in [2.24, 2.45) is 5.73 Å². The van der Waals surface area contributed by atoms with Crippen LogP contribution in [0.1, 0.15) is 5.56 Å². The third-order valence-corrected chi connectivity index (χ3v) is 3.32. The Morgan fingerprint density at radius 2 is 1.96 bits per heavy atom. The van der Waals surface area contributed by atoms with Crippen molar-refractivity contribution >= 4 is 11.8 Å².